The molecule has 0 fully saturated rings. The fourth-order valence-electron chi connectivity index (χ4n) is 1.54. The van der Waals surface area contributed by atoms with Crippen molar-refractivity contribution in [2.24, 2.45) is 7.05 Å². The molecule has 0 unspecified atom stereocenters. The lowest BCUT2D eigenvalue weighted by Gasteiger charge is -2.04. The molecule has 15 heavy (non-hydrogen) atoms. The summed E-state index contributed by atoms with van der Waals surface area (Å²) in [7, 11) is 3.36. The predicted molar refractivity (Wildman–Crippen MR) is 59.7 cm³/mol. The van der Waals surface area contributed by atoms with Crippen LogP contribution in [0.4, 0.5) is 0 Å². The molecule has 4 nitrogen and oxygen atoms in total. The molecule has 0 saturated carbocycles. The van der Waals surface area contributed by atoms with Crippen LogP contribution in [0.25, 0.3) is 10.9 Å². The van der Waals surface area contributed by atoms with Gasteiger partial charge in [-0.25, -0.2) is 0 Å². The lowest BCUT2D eigenvalue weighted by atomic mass is 10.1. The van der Waals surface area contributed by atoms with Crippen molar-refractivity contribution in [3.63, 3.8) is 0 Å². The average Bonchev–Trinajstić information content (AvgIpc) is 2.55. The Morgan fingerprint density at radius 1 is 1.60 bits per heavy atom. The number of fused-ring (bicyclic) bond motifs is 1. The van der Waals surface area contributed by atoms with Crippen molar-refractivity contribution in [2.45, 2.75) is 0 Å². The monoisotopic (exact) mass is 265 g/mol. The zero-order chi connectivity index (χ0) is 11.0. The Hall–Kier alpha value is -1.54. The van der Waals surface area contributed by atoms with Crippen molar-refractivity contribution < 1.29 is 4.74 Å². The maximum absolute atomic E-state index is 9.08. The molecule has 0 aliphatic carbocycles. The first-order valence-electron chi connectivity index (χ1n) is 4.27. The van der Waals surface area contributed by atoms with Crippen LogP contribution in [0.2, 0.25) is 0 Å². The van der Waals surface area contributed by atoms with Gasteiger partial charge in [0.05, 0.1) is 11.6 Å². The van der Waals surface area contributed by atoms with Crippen LogP contribution in [-0.4, -0.2) is 16.9 Å². The lowest BCUT2D eigenvalue weighted by Crippen LogP contribution is -1.91. The van der Waals surface area contributed by atoms with Gasteiger partial charge in [0.1, 0.15) is 17.1 Å². The molecule has 1 heterocycles. The molecule has 0 saturated heterocycles. The molecule has 76 valence electrons. The number of ether oxygens (including phenoxy) is 1. The fraction of sp³-hybridized carbons (Fsp3) is 0.200. The summed E-state index contributed by atoms with van der Waals surface area (Å²) in [6.45, 7) is 0. The zero-order valence-electron chi connectivity index (χ0n) is 8.28. The van der Waals surface area contributed by atoms with Crippen molar-refractivity contribution in [1.29, 1.82) is 5.26 Å². The fourth-order valence-corrected chi connectivity index (χ4v) is 2.15. The second kappa shape index (κ2) is 3.55. The highest BCUT2D eigenvalue weighted by molar-refractivity contribution is 9.10. The predicted octanol–water partition coefficient (Wildman–Crippen LogP) is 2.22. The maximum atomic E-state index is 9.08. The van der Waals surface area contributed by atoms with Crippen molar-refractivity contribution in [2.75, 3.05) is 7.11 Å². The summed E-state index contributed by atoms with van der Waals surface area (Å²) in [5.41, 5.74) is 1.13. The van der Waals surface area contributed by atoms with E-state index in [9.17, 15) is 0 Å². The highest BCUT2D eigenvalue weighted by atomic mass is 79.9. The Morgan fingerprint density at radius 2 is 2.33 bits per heavy atom. The van der Waals surface area contributed by atoms with Crippen molar-refractivity contribution in [3.8, 4) is 11.8 Å². The van der Waals surface area contributed by atoms with Crippen molar-refractivity contribution in [3.05, 3.63) is 22.3 Å². The van der Waals surface area contributed by atoms with Crippen LogP contribution >= 0.6 is 15.9 Å². The van der Waals surface area contributed by atoms with Crippen LogP contribution in [0, 0.1) is 11.3 Å². The number of methoxy groups -OCH3 is 1. The summed E-state index contributed by atoms with van der Waals surface area (Å²) >= 11 is 3.37. The van der Waals surface area contributed by atoms with Crippen LogP contribution < -0.4 is 4.74 Å². The minimum absolute atomic E-state index is 0.461. The molecule has 0 aliphatic rings. The summed E-state index contributed by atoms with van der Waals surface area (Å²) in [4.78, 5) is 0. The number of nitrogens with zero attached hydrogens (tertiary/aromatic N) is 3. The number of hydrogen-bond donors (Lipinski definition) is 0. The Bertz CT molecular complexity index is 568. The van der Waals surface area contributed by atoms with Crippen LogP contribution in [0.5, 0.6) is 5.75 Å². The summed E-state index contributed by atoms with van der Waals surface area (Å²) < 4.78 is 7.61. The third-order valence-electron chi connectivity index (χ3n) is 2.14. The van der Waals surface area contributed by atoms with Crippen LogP contribution in [-0.2, 0) is 7.05 Å². The molecule has 0 spiro atoms. The first-order valence-corrected chi connectivity index (χ1v) is 5.06. The van der Waals surface area contributed by atoms with E-state index in [2.05, 4.69) is 27.1 Å². The molecule has 1 aromatic heterocycles. The van der Waals surface area contributed by atoms with E-state index in [-0.39, 0.29) is 0 Å². The van der Waals surface area contributed by atoms with E-state index >= 15 is 0 Å². The van der Waals surface area contributed by atoms with Crippen molar-refractivity contribution in [1.82, 2.24) is 9.78 Å². The average molecular weight is 266 g/mol. The highest BCUT2D eigenvalue weighted by Gasteiger charge is 2.14. The quantitative estimate of drug-likeness (QED) is 0.795. The molecule has 0 N–H and O–H groups in total. The summed E-state index contributed by atoms with van der Waals surface area (Å²) in [5.74, 6) is 0.531. The van der Waals surface area contributed by atoms with Gasteiger partial charge in [-0.3, -0.25) is 4.68 Å². The number of aromatic nitrogens is 2. The molecule has 0 bridgehead atoms. The number of nitriles is 1. The Balaban J connectivity index is 2.91. The van der Waals surface area contributed by atoms with E-state index in [1.807, 2.05) is 19.3 Å². The first kappa shape index (κ1) is 9.99. The molecule has 0 amide bonds. The number of benzene rings is 1. The SMILES string of the molecule is COc1c(Br)cc2cn(C)nc2c1C#N. The van der Waals surface area contributed by atoms with Crippen LogP contribution in [0.1, 0.15) is 5.56 Å². The van der Waals surface area contributed by atoms with Gasteiger partial charge in [-0.1, -0.05) is 0 Å². The number of rotatable bonds is 1. The van der Waals surface area contributed by atoms with Crippen molar-refractivity contribution >= 4 is 26.8 Å². The summed E-state index contributed by atoms with van der Waals surface area (Å²) in [6, 6.07) is 4.00. The molecule has 2 aromatic rings. The minimum atomic E-state index is 0.461. The van der Waals surface area contributed by atoms with E-state index in [1.165, 1.54) is 7.11 Å². The van der Waals surface area contributed by atoms with Gasteiger partial charge in [0.25, 0.3) is 0 Å². The van der Waals surface area contributed by atoms with E-state index in [0.717, 1.165) is 9.86 Å². The molecule has 0 aliphatic heterocycles. The largest absolute Gasteiger partial charge is 0.494 e. The van der Waals surface area contributed by atoms with Gasteiger partial charge in [0.2, 0.25) is 0 Å². The number of halogens is 1. The van der Waals surface area contributed by atoms with Crippen LogP contribution in [0.15, 0.2) is 16.7 Å². The molecular weight excluding hydrogens is 258 g/mol. The standard InChI is InChI=1S/C10H8BrN3O/c1-14-5-6-3-8(11)10(15-2)7(4-12)9(6)13-14/h3,5H,1-2H3. The first-order chi connectivity index (χ1) is 7.17. The third-order valence-corrected chi connectivity index (χ3v) is 2.73. The molecule has 2 rings (SSSR count). The lowest BCUT2D eigenvalue weighted by molar-refractivity contribution is 0.411. The van der Waals surface area contributed by atoms with Gasteiger partial charge in [0.15, 0.2) is 5.75 Å². The molecular formula is C10H8BrN3O. The second-order valence-electron chi connectivity index (χ2n) is 3.12. The van der Waals surface area contributed by atoms with E-state index < -0.39 is 0 Å². The topological polar surface area (TPSA) is 50.8 Å². The van der Waals surface area contributed by atoms with Gasteiger partial charge >= 0.3 is 0 Å². The van der Waals surface area contributed by atoms with E-state index in [1.54, 1.807) is 4.68 Å². The zero-order valence-corrected chi connectivity index (χ0v) is 9.87. The minimum Gasteiger partial charge on any atom is -0.494 e. The van der Waals surface area contributed by atoms with Gasteiger partial charge in [-0.15, -0.1) is 0 Å². The van der Waals surface area contributed by atoms with Crippen LogP contribution in [0.3, 0.4) is 0 Å². The Labute approximate surface area is 95.2 Å². The Morgan fingerprint density at radius 3 is 2.93 bits per heavy atom. The van der Waals surface area contributed by atoms with Gasteiger partial charge in [-0.05, 0) is 22.0 Å². The number of hydrogen-bond acceptors (Lipinski definition) is 3. The Kier molecular flexibility index (Phi) is 2.37. The highest BCUT2D eigenvalue weighted by Crippen LogP contribution is 2.34. The molecule has 5 heteroatoms. The smallest absolute Gasteiger partial charge is 0.153 e. The molecule has 0 radical (unpaired) electrons. The van der Waals surface area contributed by atoms with Gasteiger partial charge < -0.3 is 4.74 Å². The van der Waals surface area contributed by atoms with E-state index in [0.29, 0.717) is 16.8 Å². The second-order valence-corrected chi connectivity index (χ2v) is 3.97. The van der Waals surface area contributed by atoms with E-state index in [4.69, 9.17) is 10.00 Å². The summed E-state index contributed by atoms with van der Waals surface area (Å²) in [6.07, 6.45) is 1.86. The number of aryl methyl sites for hydroxylation is 1. The third kappa shape index (κ3) is 1.47. The maximum Gasteiger partial charge on any atom is 0.153 e. The molecule has 0 atom stereocenters. The molecule has 1 aromatic carbocycles. The normalized spacial score (nSPS) is 10.3. The van der Waals surface area contributed by atoms with Gasteiger partial charge in [0, 0.05) is 18.6 Å². The van der Waals surface area contributed by atoms with Gasteiger partial charge in [-0.2, -0.15) is 10.4 Å². The summed E-state index contributed by atoms with van der Waals surface area (Å²) in [5, 5.41) is 14.2.